The van der Waals surface area contributed by atoms with Gasteiger partial charge in [-0.25, -0.2) is 4.79 Å². The van der Waals surface area contributed by atoms with E-state index >= 15 is 0 Å². The minimum absolute atomic E-state index is 0.226. The molecule has 152 valence electrons. The molecule has 1 aliphatic rings. The quantitative estimate of drug-likeness (QED) is 0.684. The summed E-state index contributed by atoms with van der Waals surface area (Å²) < 4.78 is 5.39. The molecule has 0 fully saturated rings. The van der Waals surface area contributed by atoms with Crippen molar-refractivity contribution < 1.29 is 14.3 Å². The third kappa shape index (κ3) is 5.25. The van der Waals surface area contributed by atoms with Crippen LogP contribution in [0.15, 0.2) is 23.6 Å². The SMILES string of the molecule is CCN(C)C(=O)OCC1CCc2c(sc(NC(=O)C=Cc3cccs3)c2C#N)C1. The summed E-state index contributed by atoms with van der Waals surface area (Å²) >= 11 is 3.01. The monoisotopic (exact) mass is 429 g/mol. The normalized spacial score (nSPS) is 15.6. The van der Waals surface area contributed by atoms with Crippen LogP contribution >= 0.6 is 22.7 Å². The highest BCUT2D eigenvalue weighted by Crippen LogP contribution is 2.39. The van der Waals surface area contributed by atoms with E-state index < -0.39 is 0 Å². The van der Waals surface area contributed by atoms with Crippen LogP contribution in [0.4, 0.5) is 9.80 Å². The number of fused-ring (bicyclic) bond motifs is 1. The number of rotatable bonds is 6. The first-order chi connectivity index (χ1) is 14.0. The Kier molecular flexibility index (Phi) is 7.07. The van der Waals surface area contributed by atoms with Crippen molar-refractivity contribution in [3.63, 3.8) is 0 Å². The maximum atomic E-state index is 12.3. The van der Waals surface area contributed by atoms with Crippen molar-refractivity contribution >= 4 is 45.8 Å². The number of nitrogens with one attached hydrogen (secondary N) is 1. The first-order valence-corrected chi connectivity index (χ1v) is 11.2. The lowest BCUT2D eigenvalue weighted by atomic mass is 9.88. The van der Waals surface area contributed by atoms with Crippen LogP contribution in [0, 0.1) is 17.2 Å². The summed E-state index contributed by atoms with van der Waals surface area (Å²) in [6, 6.07) is 6.11. The molecule has 1 unspecified atom stereocenters. The minimum atomic E-state index is -0.312. The van der Waals surface area contributed by atoms with Crippen molar-refractivity contribution in [2.45, 2.75) is 26.2 Å². The lowest BCUT2D eigenvalue weighted by Crippen LogP contribution is -2.29. The number of amides is 2. The van der Waals surface area contributed by atoms with Gasteiger partial charge in [0.25, 0.3) is 0 Å². The van der Waals surface area contributed by atoms with Gasteiger partial charge in [-0.05, 0) is 55.2 Å². The van der Waals surface area contributed by atoms with Gasteiger partial charge in [0.2, 0.25) is 5.91 Å². The molecule has 2 aromatic heterocycles. The van der Waals surface area contributed by atoms with Crippen LogP contribution in [0.25, 0.3) is 6.08 Å². The Morgan fingerprint density at radius 3 is 3.00 bits per heavy atom. The fraction of sp³-hybridized carbons (Fsp3) is 0.381. The van der Waals surface area contributed by atoms with Crippen molar-refractivity contribution in [2.75, 3.05) is 25.5 Å². The van der Waals surface area contributed by atoms with E-state index in [-0.39, 0.29) is 17.9 Å². The maximum absolute atomic E-state index is 12.3. The molecule has 0 aromatic carbocycles. The summed E-state index contributed by atoms with van der Waals surface area (Å²) in [7, 11) is 1.71. The van der Waals surface area contributed by atoms with Crippen molar-refractivity contribution in [3.8, 4) is 6.07 Å². The Hall–Kier alpha value is -2.63. The van der Waals surface area contributed by atoms with Crippen molar-refractivity contribution in [2.24, 2.45) is 5.92 Å². The Morgan fingerprint density at radius 1 is 1.48 bits per heavy atom. The number of anilines is 1. The van der Waals surface area contributed by atoms with Gasteiger partial charge in [0, 0.05) is 29.4 Å². The summed E-state index contributed by atoms with van der Waals surface area (Å²) in [6.07, 6.45) is 5.29. The Bertz CT molecular complexity index is 941. The van der Waals surface area contributed by atoms with Crippen LogP contribution < -0.4 is 5.32 Å². The first kappa shape index (κ1) is 21.1. The van der Waals surface area contributed by atoms with E-state index in [1.807, 2.05) is 24.4 Å². The molecule has 1 N–H and O–H groups in total. The highest BCUT2D eigenvalue weighted by atomic mass is 32.1. The molecule has 0 saturated carbocycles. The summed E-state index contributed by atoms with van der Waals surface area (Å²) in [4.78, 5) is 27.7. The van der Waals surface area contributed by atoms with E-state index in [0.717, 1.165) is 34.6 Å². The van der Waals surface area contributed by atoms with Crippen molar-refractivity contribution in [3.05, 3.63) is 44.5 Å². The number of hydrogen-bond donors (Lipinski definition) is 1. The molecule has 1 aliphatic carbocycles. The van der Waals surface area contributed by atoms with Gasteiger partial charge in [-0.2, -0.15) is 5.26 Å². The van der Waals surface area contributed by atoms with Gasteiger partial charge in [-0.3, -0.25) is 4.79 Å². The molecule has 0 bridgehead atoms. The molecular weight excluding hydrogens is 406 g/mol. The number of nitriles is 1. The Labute approximate surface area is 178 Å². The molecule has 29 heavy (non-hydrogen) atoms. The average molecular weight is 430 g/mol. The molecule has 2 amide bonds. The number of nitrogens with zero attached hydrogens (tertiary/aromatic N) is 2. The van der Waals surface area contributed by atoms with Crippen LogP contribution in [0.3, 0.4) is 0 Å². The fourth-order valence-electron chi connectivity index (χ4n) is 3.13. The summed E-state index contributed by atoms with van der Waals surface area (Å²) in [6.45, 7) is 2.87. The molecule has 8 heteroatoms. The highest BCUT2D eigenvalue weighted by molar-refractivity contribution is 7.16. The number of ether oxygens (including phenoxy) is 1. The highest BCUT2D eigenvalue weighted by Gasteiger charge is 2.27. The molecule has 1 atom stereocenters. The molecule has 2 heterocycles. The maximum Gasteiger partial charge on any atom is 0.409 e. The first-order valence-electron chi connectivity index (χ1n) is 9.46. The number of thiophene rings is 2. The number of carbonyl (C=O) groups is 2. The Balaban J connectivity index is 1.64. The standard InChI is InChI=1S/C21H23N3O3S2/c1-3-24(2)21(26)27-13-14-6-8-16-17(12-22)20(29-18(16)11-14)23-19(25)9-7-15-5-4-10-28-15/h4-5,7,9-10,14H,3,6,8,11,13H2,1-2H3,(H,23,25). The third-order valence-corrected chi connectivity index (χ3v) is 6.89. The summed E-state index contributed by atoms with van der Waals surface area (Å²) in [5.74, 6) is -0.0224. The van der Waals surface area contributed by atoms with Gasteiger partial charge >= 0.3 is 6.09 Å². The predicted molar refractivity (Wildman–Crippen MR) is 116 cm³/mol. The zero-order chi connectivity index (χ0) is 20.8. The molecule has 6 nitrogen and oxygen atoms in total. The fourth-order valence-corrected chi connectivity index (χ4v) is 5.06. The van der Waals surface area contributed by atoms with Crippen LogP contribution in [0.5, 0.6) is 0 Å². The molecule has 0 radical (unpaired) electrons. The van der Waals surface area contributed by atoms with Crippen LogP contribution in [0.1, 0.15) is 34.2 Å². The molecule has 2 aromatic rings. The van der Waals surface area contributed by atoms with E-state index in [2.05, 4.69) is 11.4 Å². The van der Waals surface area contributed by atoms with E-state index in [4.69, 9.17) is 4.74 Å². The van der Waals surface area contributed by atoms with Gasteiger partial charge in [-0.15, -0.1) is 22.7 Å². The topological polar surface area (TPSA) is 82.4 Å². The predicted octanol–water partition coefficient (Wildman–Crippen LogP) is 4.53. The molecule has 0 aliphatic heterocycles. The molecule has 3 rings (SSSR count). The lowest BCUT2D eigenvalue weighted by molar-refractivity contribution is -0.111. The van der Waals surface area contributed by atoms with Crippen LogP contribution in [0.2, 0.25) is 0 Å². The van der Waals surface area contributed by atoms with Crippen LogP contribution in [-0.4, -0.2) is 37.1 Å². The summed E-state index contributed by atoms with van der Waals surface area (Å²) in [5, 5.41) is 15.0. The van der Waals surface area contributed by atoms with E-state index in [1.165, 1.54) is 22.3 Å². The van der Waals surface area contributed by atoms with E-state index in [9.17, 15) is 14.9 Å². The third-order valence-electron chi connectivity index (χ3n) is 4.89. The van der Waals surface area contributed by atoms with Crippen molar-refractivity contribution in [1.82, 2.24) is 4.90 Å². The number of carbonyl (C=O) groups excluding carboxylic acids is 2. The smallest absolute Gasteiger partial charge is 0.409 e. The van der Waals surface area contributed by atoms with Gasteiger partial charge in [-0.1, -0.05) is 6.07 Å². The molecule has 0 saturated heterocycles. The van der Waals surface area contributed by atoms with Gasteiger partial charge in [0.1, 0.15) is 11.1 Å². The van der Waals surface area contributed by atoms with E-state index in [0.29, 0.717) is 23.7 Å². The zero-order valence-electron chi connectivity index (χ0n) is 16.4. The Morgan fingerprint density at radius 2 is 2.31 bits per heavy atom. The number of hydrogen-bond acceptors (Lipinski definition) is 6. The van der Waals surface area contributed by atoms with E-state index in [1.54, 1.807) is 24.5 Å². The largest absolute Gasteiger partial charge is 0.449 e. The second-order valence-corrected chi connectivity index (χ2v) is 8.94. The lowest BCUT2D eigenvalue weighted by Gasteiger charge is -2.23. The minimum Gasteiger partial charge on any atom is -0.449 e. The zero-order valence-corrected chi connectivity index (χ0v) is 18.1. The summed E-state index contributed by atoms with van der Waals surface area (Å²) in [5.41, 5.74) is 1.58. The van der Waals surface area contributed by atoms with Gasteiger partial charge in [0.15, 0.2) is 0 Å². The van der Waals surface area contributed by atoms with Gasteiger partial charge in [0.05, 0.1) is 12.2 Å². The second-order valence-electron chi connectivity index (χ2n) is 6.86. The molecule has 0 spiro atoms. The average Bonchev–Trinajstić information content (AvgIpc) is 3.36. The van der Waals surface area contributed by atoms with Crippen molar-refractivity contribution in [1.29, 1.82) is 5.26 Å². The van der Waals surface area contributed by atoms with Crippen LogP contribution in [-0.2, 0) is 22.4 Å². The van der Waals surface area contributed by atoms with Gasteiger partial charge < -0.3 is 15.0 Å². The molecular formula is C21H23N3O3S2. The second kappa shape index (κ2) is 9.72.